The van der Waals surface area contributed by atoms with E-state index in [1.54, 1.807) is 0 Å². The van der Waals surface area contributed by atoms with E-state index in [0.717, 1.165) is 18.9 Å². The quantitative estimate of drug-likeness (QED) is 0.882. The Morgan fingerprint density at radius 2 is 2.15 bits per heavy atom. The summed E-state index contributed by atoms with van der Waals surface area (Å²) in [6.45, 7) is 0.345. The summed E-state index contributed by atoms with van der Waals surface area (Å²) in [6, 6.07) is 2.40. The molecule has 1 aromatic rings. The van der Waals surface area contributed by atoms with Crippen molar-refractivity contribution in [3.05, 3.63) is 29.0 Å². The van der Waals surface area contributed by atoms with Gasteiger partial charge in [0.05, 0.1) is 5.69 Å². The molecule has 2 N–H and O–H groups in total. The second-order valence-electron chi connectivity index (χ2n) is 4.60. The molecule has 2 rings (SSSR count). The Kier molecular flexibility index (Phi) is 4.44. The summed E-state index contributed by atoms with van der Waals surface area (Å²) in [6.07, 6.45) is 1.90. The molecule has 1 atom stereocenters. The summed E-state index contributed by atoms with van der Waals surface area (Å²) in [4.78, 5) is 24.4. The van der Waals surface area contributed by atoms with Crippen LogP contribution in [0.3, 0.4) is 0 Å². The van der Waals surface area contributed by atoms with Crippen LogP contribution in [0.5, 0.6) is 0 Å². The van der Waals surface area contributed by atoms with Crippen LogP contribution in [0.2, 0.25) is 5.02 Å². The van der Waals surface area contributed by atoms with E-state index in [4.69, 9.17) is 16.7 Å². The second kappa shape index (κ2) is 6.09. The maximum atomic E-state index is 13.6. The third-order valence-electron chi connectivity index (χ3n) is 3.22. The lowest BCUT2D eigenvalue weighted by atomic mass is 10.0. The molecule has 1 heterocycles. The van der Waals surface area contributed by atoms with Crippen molar-refractivity contribution in [1.82, 2.24) is 4.90 Å². The number of benzene rings is 1. The minimum Gasteiger partial charge on any atom is -0.480 e. The Balaban J connectivity index is 2.12. The van der Waals surface area contributed by atoms with Gasteiger partial charge in [0.2, 0.25) is 0 Å². The van der Waals surface area contributed by atoms with Gasteiger partial charge < -0.3 is 15.3 Å². The molecule has 1 fully saturated rings. The molecule has 1 aliphatic rings. The topological polar surface area (TPSA) is 69.6 Å². The van der Waals surface area contributed by atoms with Crippen molar-refractivity contribution < 1.29 is 19.1 Å². The number of carbonyl (C=O) groups is 2. The number of carbonyl (C=O) groups excluding carboxylic acids is 1. The molecule has 108 valence electrons. The molecule has 1 aromatic carbocycles. The molecular formula is C13H14ClFN2O3. The highest BCUT2D eigenvalue weighted by molar-refractivity contribution is 6.30. The number of urea groups is 1. The minimum absolute atomic E-state index is 0.0193. The number of amides is 2. The molecular weight excluding hydrogens is 287 g/mol. The van der Waals surface area contributed by atoms with E-state index >= 15 is 0 Å². The SMILES string of the molecule is O=C(O)C1CCCCN1C(=O)Nc1ccc(Cl)cc1F. The van der Waals surface area contributed by atoms with Crippen molar-refractivity contribution in [1.29, 1.82) is 0 Å². The van der Waals surface area contributed by atoms with Crippen LogP contribution in [-0.4, -0.2) is 34.6 Å². The van der Waals surface area contributed by atoms with Crippen LogP contribution in [0, 0.1) is 5.82 Å². The normalized spacial score (nSPS) is 18.7. The van der Waals surface area contributed by atoms with Crippen LogP contribution in [0.1, 0.15) is 19.3 Å². The monoisotopic (exact) mass is 300 g/mol. The highest BCUT2D eigenvalue weighted by atomic mass is 35.5. The number of likely N-dealkylation sites (tertiary alicyclic amines) is 1. The lowest BCUT2D eigenvalue weighted by molar-refractivity contribution is -0.143. The summed E-state index contributed by atoms with van der Waals surface area (Å²) < 4.78 is 13.6. The van der Waals surface area contributed by atoms with Crippen LogP contribution in [0.25, 0.3) is 0 Å². The molecule has 0 radical (unpaired) electrons. The van der Waals surface area contributed by atoms with Crippen LogP contribution in [0.4, 0.5) is 14.9 Å². The number of anilines is 1. The number of aliphatic carboxylic acids is 1. The van der Waals surface area contributed by atoms with Crippen molar-refractivity contribution in [3.63, 3.8) is 0 Å². The Morgan fingerprint density at radius 1 is 1.40 bits per heavy atom. The Hall–Kier alpha value is -1.82. The molecule has 0 saturated carbocycles. The van der Waals surface area contributed by atoms with Gasteiger partial charge in [-0.2, -0.15) is 0 Å². The van der Waals surface area contributed by atoms with Crippen molar-refractivity contribution in [3.8, 4) is 0 Å². The number of carboxylic acids is 1. The van der Waals surface area contributed by atoms with E-state index in [2.05, 4.69) is 5.32 Å². The molecule has 1 aliphatic heterocycles. The van der Waals surface area contributed by atoms with E-state index in [-0.39, 0.29) is 10.7 Å². The predicted octanol–water partition coefficient (Wildman–Crippen LogP) is 2.95. The van der Waals surface area contributed by atoms with Crippen LogP contribution >= 0.6 is 11.6 Å². The number of hydrogen-bond acceptors (Lipinski definition) is 2. The fourth-order valence-corrected chi connectivity index (χ4v) is 2.37. The van der Waals surface area contributed by atoms with Gasteiger partial charge in [-0.15, -0.1) is 0 Å². The van der Waals surface area contributed by atoms with Gasteiger partial charge in [0, 0.05) is 11.6 Å². The standard InChI is InChI=1S/C13H14ClFN2O3/c14-8-4-5-10(9(15)7-8)16-13(20)17-6-2-1-3-11(17)12(18)19/h4-5,7,11H,1-3,6H2,(H,16,20)(H,18,19). The third-order valence-corrected chi connectivity index (χ3v) is 3.46. The number of hydrogen-bond donors (Lipinski definition) is 2. The summed E-state index contributed by atoms with van der Waals surface area (Å²) in [5.41, 5.74) is -0.0193. The van der Waals surface area contributed by atoms with Crippen LogP contribution < -0.4 is 5.32 Å². The first-order chi connectivity index (χ1) is 9.49. The van der Waals surface area contributed by atoms with Crippen molar-refractivity contribution in [2.45, 2.75) is 25.3 Å². The molecule has 0 spiro atoms. The maximum Gasteiger partial charge on any atom is 0.326 e. The summed E-state index contributed by atoms with van der Waals surface area (Å²) >= 11 is 5.63. The lowest BCUT2D eigenvalue weighted by Crippen LogP contribution is -2.49. The largest absolute Gasteiger partial charge is 0.480 e. The first kappa shape index (κ1) is 14.6. The zero-order valence-corrected chi connectivity index (χ0v) is 11.4. The van der Waals surface area contributed by atoms with Crippen LogP contribution in [0.15, 0.2) is 18.2 Å². The molecule has 20 heavy (non-hydrogen) atoms. The molecule has 0 bridgehead atoms. The van der Waals surface area contributed by atoms with Gasteiger partial charge in [0.1, 0.15) is 11.9 Å². The number of rotatable bonds is 2. The molecule has 0 aliphatic carbocycles. The van der Waals surface area contributed by atoms with Crippen molar-refractivity contribution >= 4 is 29.3 Å². The first-order valence-electron chi connectivity index (χ1n) is 6.24. The summed E-state index contributed by atoms with van der Waals surface area (Å²) in [5, 5.41) is 11.7. The highest BCUT2D eigenvalue weighted by Crippen LogP contribution is 2.22. The average Bonchev–Trinajstić information content (AvgIpc) is 2.41. The maximum absolute atomic E-state index is 13.6. The molecule has 1 saturated heterocycles. The van der Waals surface area contributed by atoms with Crippen LogP contribution in [-0.2, 0) is 4.79 Å². The Labute approximate surface area is 120 Å². The van der Waals surface area contributed by atoms with Gasteiger partial charge in [-0.05, 0) is 37.5 Å². The predicted molar refractivity (Wildman–Crippen MR) is 72.4 cm³/mol. The van der Waals surface area contributed by atoms with E-state index in [9.17, 15) is 14.0 Å². The lowest BCUT2D eigenvalue weighted by Gasteiger charge is -2.32. The van der Waals surface area contributed by atoms with Gasteiger partial charge in [-0.25, -0.2) is 14.0 Å². The average molecular weight is 301 g/mol. The van der Waals surface area contributed by atoms with E-state index in [1.807, 2.05) is 0 Å². The van der Waals surface area contributed by atoms with Gasteiger partial charge >= 0.3 is 12.0 Å². The molecule has 5 nitrogen and oxygen atoms in total. The second-order valence-corrected chi connectivity index (χ2v) is 5.03. The van der Waals surface area contributed by atoms with Gasteiger partial charge in [-0.1, -0.05) is 11.6 Å². The Morgan fingerprint density at radius 3 is 2.80 bits per heavy atom. The summed E-state index contributed by atoms with van der Waals surface area (Å²) in [5.74, 6) is -1.70. The molecule has 7 heteroatoms. The zero-order chi connectivity index (χ0) is 14.7. The number of carboxylic acid groups (broad SMARTS) is 1. The zero-order valence-electron chi connectivity index (χ0n) is 10.6. The highest BCUT2D eigenvalue weighted by Gasteiger charge is 2.32. The van der Waals surface area contributed by atoms with E-state index in [1.165, 1.54) is 17.0 Å². The van der Waals surface area contributed by atoms with Crippen molar-refractivity contribution in [2.75, 3.05) is 11.9 Å². The fraction of sp³-hybridized carbons (Fsp3) is 0.385. The number of nitrogens with one attached hydrogen (secondary N) is 1. The molecule has 1 unspecified atom stereocenters. The Bertz CT molecular complexity index is 538. The minimum atomic E-state index is -1.04. The number of halogens is 2. The molecule has 0 aromatic heterocycles. The fourth-order valence-electron chi connectivity index (χ4n) is 2.21. The third kappa shape index (κ3) is 3.19. The van der Waals surface area contributed by atoms with E-state index < -0.39 is 23.9 Å². The first-order valence-corrected chi connectivity index (χ1v) is 6.62. The molecule has 2 amide bonds. The van der Waals surface area contributed by atoms with Crippen molar-refractivity contribution in [2.24, 2.45) is 0 Å². The van der Waals surface area contributed by atoms with Gasteiger partial charge in [-0.3, -0.25) is 0 Å². The van der Waals surface area contributed by atoms with Gasteiger partial charge in [0.15, 0.2) is 0 Å². The summed E-state index contributed by atoms with van der Waals surface area (Å²) in [7, 11) is 0. The number of piperidine rings is 1. The van der Waals surface area contributed by atoms with Gasteiger partial charge in [0.25, 0.3) is 0 Å². The van der Waals surface area contributed by atoms with E-state index in [0.29, 0.717) is 13.0 Å². The number of nitrogens with zero attached hydrogens (tertiary/aromatic N) is 1. The smallest absolute Gasteiger partial charge is 0.326 e.